The van der Waals surface area contributed by atoms with E-state index in [-0.39, 0.29) is 18.6 Å². The number of hydrogen-bond acceptors (Lipinski definition) is 6. The van der Waals surface area contributed by atoms with Gasteiger partial charge in [-0.1, -0.05) is 41.6 Å². The average molecular weight is 472 g/mol. The van der Waals surface area contributed by atoms with Crippen molar-refractivity contribution in [2.45, 2.75) is 27.0 Å². The Morgan fingerprint density at radius 3 is 2.60 bits per heavy atom. The zero-order valence-corrected chi connectivity index (χ0v) is 19.5. The predicted molar refractivity (Wildman–Crippen MR) is 131 cm³/mol. The highest BCUT2D eigenvalue weighted by Gasteiger charge is 2.23. The van der Waals surface area contributed by atoms with Crippen LogP contribution in [-0.4, -0.2) is 30.3 Å². The van der Waals surface area contributed by atoms with E-state index in [9.17, 15) is 9.59 Å². The summed E-state index contributed by atoms with van der Waals surface area (Å²) in [7, 11) is 0. The molecule has 0 spiro atoms. The van der Waals surface area contributed by atoms with Crippen molar-refractivity contribution in [1.29, 1.82) is 0 Å². The van der Waals surface area contributed by atoms with Gasteiger partial charge < -0.3 is 19.3 Å². The average Bonchev–Trinajstić information content (AvgIpc) is 3.45. The second kappa shape index (κ2) is 9.50. The number of anilines is 1. The summed E-state index contributed by atoms with van der Waals surface area (Å²) in [5.41, 5.74) is 3.68. The van der Waals surface area contributed by atoms with E-state index in [4.69, 9.17) is 14.0 Å². The van der Waals surface area contributed by atoms with Crippen molar-refractivity contribution in [3.8, 4) is 5.75 Å². The van der Waals surface area contributed by atoms with Gasteiger partial charge in [-0.2, -0.15) is 0 Å². The number of ether oxygens (including phenoxy) is 2. The van der Waals surface area contributed by atoms with Gasteiger partial charge in [-0.25, -0.2) is 4.79 Å². The molecular formula is C27H25N3O5. The Bertz CT molecular complexity index is 1390. The molecule has 4 aromatic rings. The summed E-state index contributed by atoms with van der Waals surface area (Å²) >= 11 is 0. The third-order valence-electron chi connectivity index (χ3n) is 6.08. The molecule has 178 valence electrons. The number of aryl methyl sites for hydroxylation is 2. The van der Waals surface area contributed by atoms with Gasteiger partial charge >= 0.3 is 6.09 Å². The smallest absolute Gasteiger partial charge is 0.414 e. The monoisotopic (exact) mass is 471 g/mol. The number of carbonyl (C=O) groups excluding carboxylic acids is 2. The topological polar surface area (TPSA) is 93.9 Å². The van der Waals surface area contributed by atoms with E-state index in [0.717, 1.165) is 33.3 Å². The minimum Gasteiger partial charge on any atom is -0.488 e. The number of cyclic esters (lactones) is 1. The molecule has 0 bridgehead atoms. The lowest BCUT2D eigenvalue weighted by molar-refractivity contribution is 0.0946. The lowest BCUT2D eigenvalue weighted by atomic mass is 10.0. The van der Waals surface area contributed by atoms with Crippen LogP contribution >= 0.6 is 0 Å². The number of nitrogens with zero attached hydrogens (tertiary/aromatic N) is 2. The number of fused-ring (bicyclic) bond motifs is 1. The number of benzene rings is 3. The number of amides is 2. The summed E-state index contributed by atoms with van der Waals surface area (Å²) in [6.45, 7) is 5.12. The largest absolute Gasteiger partial charge is 0.488 e. The zero-order chi connectivity index (χ0) is 24.4. The molecule has 8 heteroatoms. The summed E-state index contributed by atoms with van der Waals surface area (Å²) in [6, 6.07) is 19.0. The molecule has 2 heterocycles. The highest BCUT2D eigenvalue weighted by Crippen LogP contribution is 2.28. The van der Waals surface area contributed by atoms with Crippen LogP contribution in [-0.2, 0) is 17.9 Å². The zero-order valence-electron chi connectivity index (χ0n) is 19.5. The van der Waals surface area contributed by atoms with Crippen molar-refractivity contribution in [2.75, 3.05) is 18.1 Å². The first-order valence-corrected chi connectivity index (χ1v) is 11.4. The summed E-state index contributed by atoms with van der Waals surface area (Å²) in [5, 5.41) is 8.87. The van der Waals surface area contributed by atoms with Gasteiger partial charge in [0.15, 0.2) is 0 Å². The molecule has 1 aliphatic rings. The Hall–Kier alpha value is -4.33. The molecule has 0 aliphatic carbocycles. The Morgan fingerprint density at radius 1 is 1.09 bits per heavy atom. The summed E-state index contributed by atoms with van der Waals surface area (Å²) in [4.78, 5) is 26.7. The van der Waals surface area contributed by atoms with Gasteiger partial charge in [0.25, 0.3) is 5.91 Å². The Morgan fingerprint density at radius 2 is 1.89 bits per heavy atom. The molecule has 1 aliphatic heterocycles. The van der Waals surface area contributed by atoms with E-state index in [1.165, 1.54) is 0 Å². The Labute approximate surface area is 202 Å². The van der Waals surface area contributed by atoms with E-state index in [1.807, 2.05) is 74.5 Å². The highest BCUT2D eigenvalue weighted by molar-refractivity contribution is 6.01. The molecule has 5 rings (SSSR count). The van der Waals surface area contributed by atoms with Crippen molar-refractivity contribution in [2.24, 2.45) is 0 Å². The minimum atomic E-state index is -0.359. The molecular weight excluding hydrogens is 446 g/mol. The number of nitrogens with one attached hydrogen (secondary N) is 1. The van der Waals surface area contributed by atoms with Crippen LogP contribution in [0, 0.1) is 13.8 Å². The molecule has 1 N–H and O–H groups in total. The van der Waals surface area contributed by atoms with Gasteiger partial charge in [0.2, 0.25) is 0 Å². The molecule has 0 unspecified atom stereocenters. The third kappa shape index (κ3) is 4.68. The van der Waals surface area contributed by atoms with Crippen LogP contribution < -0.4 is 15.0 Å². The first-order chi connectivity index (χ1) is 17.0. The Kier molecular flexibility index (Phi) is 6.10. The highest BCUT2D eigenvalue weighted by atomic mass is 16.6. The van der Waals surface area contributed by atoms with Gasteiger partial charge in [-0.15, -0.1) is 0 Å². The van der Waals surface area contributed by atoms with E-state index in [0.29, 0.717) is 36.8 Å². The van der Waals surface area contributed by atoms with Crippen LogP contribution in [0.5, 0.6) is 5.75 Å². The van der Waals surface area contributed by atoms with E-state index in [2.05, 4.69) is 10.5 Å². The van der Waals surface area contributed by atoms with Gasteiger partial charge in [0, 0.05) is 12.2 Å². The first kappa shape index (κ1) is 22.5. The molecule has 1 saturated heterocycles. The van der Waals surface area contributed by atoms with E-state index in [1.54, 1.807) is 4.90 Å². The molecule has 0 atom stereocenters. The number of rotatable bonds is 7. The molecule has 8 nitrogen and oxygen atoms in total. The molecule has 3 aromatic carbocycles. The lowest BCUT2D eigenvalue weighted by Gasteiger charge is -2.15. The second-order valence-corrected chi connectivity index (χ2v) is 8.41. The predicted octanol–water partition coefficient (Wildman–Crippen LogP) is 4.91. The standard InChI is InChI=1S/C27H25N3O5/c1-17-24(18(2)35-29-17)16-34-25-14-21-8-4-3-7-20(21)13-23(25)26(31)28-15-19-6-5-9-22(12-19)30-10-11-33-27(30)32/h3-9,12-14H,10-11,15-16H2,1-2H3,(H,28,31). The maximum absolute atomic E-state index is 13.3. The first-order valence-electron chi connectivity index (χ1n) is 11.4. The van der Waals surface area contributed by atoms with Crippen LogP contribution in [0.4, 0.5) is 10.5 Å². The number of hydrogen-bond donors (Lipinski definition) is 1. The molecule has 2 amide bonds. The summed E-state index contributed by atoms with van der Waals surface area (Å²) in [5.74, 6) is 0.918. The molecule has 35 heavy (non-hydrogen) atoms. The van der Waals surface area contributed by atoms with E-state index >= 15 is 0 Å². The third-order valence-corrected chi connectivity index (χ3v) is 6.08. The van der Waals surface area contributed by atoms with E-state index < -0.39 is 0 Å². The van der Waals surface area contributed by atoms with Crippen LogP contribution in [0.15, 0.2) is 65.2 Å². The summed E-state index contributed by atoms with van der Waals surface area (Å²) < 4.78 is 16.4. The quantitative estimate of drug-likeness (QED) is 0.412. The SMILES string of the molecule is Cc1noc(C)c1COc1cc2ccccc2cc1C(=O)NCc1cccc(N2CCOC2=O)c1. The van der Waals surface area contributed by atoms with Gasteiger partial charge in [0.1, 0.15) is 24.7 Å². The van der Waals surface area contributed by atoms with Gasteiger partial charge in [-0.05, 0) is 54.4 Å². The van der Waals surface area contributed by atoms with Crippen LogP contribution in [0.3, 0.4) is 0 Å². The maximum Gasteiger partial charge on any atom is 0.414 e. The molecule has 1 fully saturated rings. The van der Waals surface area contributed by atoms with Crippen molar-refractivity contribution in [1.82, 2.24) is 10.5 Å². The van der Waals surface area contributed by atoms with Crippen LogP contribution in [0.1, 0.15) is 32.9 Å². The fourth-order valence-electron chi connectivity index (χ4n) is 4.11. The van der Waals surface area contributed by atoms with Gasteiger partial charge in [0.05, 0.1) is 23.4 Å². The van der Waals surface area contributed by atoms with Crippen molar-refractivity contribution in [3.63, 3.8) is 0 Å². The number of carbonyl (C=O) groups is 2. The fourth-order valence-corrected chi connectivity index (χ4v) is 4.11. The fraction of sp³-hybridized carbons (Fsp3) is 0.222. The maximum atomic E-state index is 13.3. The van der Waals surface area contributed by atoms with Crippen molar-refractivity contribution >= 4 is 28.5 Å². The molecule has 1 aromatic heterocycles. The van der Waals surface area contributed by atoms with Crippen molar-refractivity contribution in [3.05, 3.63) is 88.8 Å². The molecule has 0 saturated carbocycles. The Balaban J connectivity index is 1.37. The molecule has 0 radical (unpaired) electrons. The van der Waals surface area contributed by atoms with Crippen molar-refractivity contribution < 1.29 is 23.6 Å². The van der Waals surface area contributed by atoms with Crippen LogP contribution in [0.2, 0.25) is 0 Å². The number of aromatic nitrogens is 1. The minimum absolute atomic E-state index is 0.244. The summed E-state index contributed by atoms with van der Waals surface area (Å²) in [6.07, 6.45) is -0.359. The second-order valence-electron chi connectivity index (χ2n) is 8.41. The van der Waals surface area contributed by atoms with Crippen LogP contribution in [0.25, 0.3) is 10.8 Å². The normalized spacial score (nSPS) is 13.2. The lowest BCUT2D eigenvalue weighted by Crippen LogP contribution is -2.25. The van der Waals surface area contributed by atoms with Gasteiger partial charge in [-0.3, -0.25) is 9.69 Å².